The van der Waals surface area contributed by atoms with Crippen LogP contribution in [0, 0.1) is 0 Å². The van der Waals surface area contributed by atoms with Gasteiger partial charge in [0.2, 0.25) is 12.2 Å². The number of isocyanates is 1. The summed E-state index contributed by atoms with van der Waals surface area (Å²) in [4.78, 5) is 52.2. The van der Waals surface area contributed by atoms with Gasteiger partial charge in [-0.2, -0.15) is 75.9 Å². The van der Waals surface area contributed by atoms with E-state index in [4.69, 9.17) is 9.47 Å². The van der Waals surface area contributed by atoms with Gasteiger partial charge in [0, 0.05) is 17.2 Å². The number of aliphatic imine (C=N–C) groups is 1. The predicted molar refractivity (Wildman–Crippen MR) is 298 cm³/mol. The van der Waals surface area contributed by atoms with Crippen molar-refractivity contribution in [1.29, 1.82) is 0 Å². The average molecular weight is 1340 g/mol. The van der Waals surface area contributed by atoms with Gasteiger partial charge in [-0.25, -0.2) is 33.0 Å². The molecule has 0 aliphatic rings. The number of alkyl carbamates (subject to hydrolysis) is 1. The quantitative estimate of drug-likeness (QED) is 0.0312. The first-order valence-electron chi connectivity index (χ1n) is 26.3. The minimum Gasteiger partial charge on any atom is -1.00 e. The lowest BCUT2D eigenvalue weighted by Crippen LogP contribution is -3.00. The van der Waals surface area contributed by atoms with E-state index in [9.17, 15) is 89.2 Å². The van der Waals surface area contributed by atoms with E-state index in [0.717, 1.165) is 66.2 Å². The van der Waals surface area contributed by atoms with Crippen molar-refractivity contribution in [1.82, 2.24) is 24.8 Å². The Labute approximate surface area is 517 Å². The number of Topliss-reactive ketones (excluding diaryl/α,β-unsaturated/α-hetero) is 1. The van der Waals surface area contributed by atoms with Crippen LogP contribution in [0.2, 0.25) is 0 Å². The number of nitrogens with one attached hydrogen (secondary N) is 2. The highest BCUT2D eigenvalue weighted by Crippen LogP contribution is 2.34. The van der Waals surface area contributed by atoms with E-state index in [1.54, 1.807) is 34.6 Å². The maximum absolute atomic E-state index is 12.7. The average Bonchev–Trinajstić information content (AvgIpc) is 1.28. The summed E-state index contributed by atoms with van der Waals surface area (Å²) in [7, 11) is -1.26. The molecule has 496 valence electrons. The van der Waals surface area contributed by atoms with E-state index in [0.29, 0.717) is 16.7 Å². The van der Waals surface area contributed by atoms with Gasteiger partial charge in [0.15, 0.2) is 5.78 Å². The number of hydrogen-bond donors (Lipinski definition) is 3. The number of alkyl halides is 15. The zero-order valence-electron chi connectivity index (χ0n) is 49.7. The largest absolute Gasteiger partial charge is 1.00 e. The molecule has 5 N–H and O–H groups in total. The van der Waals surface area contributed by atoms with Gasteiger partial charge in [-0.15, -0.1) is 0 Å². The Hall–Kier alpha value is -7.66. The van der Waals surface area contributed by atoms with E-state index in [-0.39, 0.29) is 42.4 Å². The molecule has 14 nitrogen and oxygen atoms in total. The van der Waals surface area contributed by atoms with Crippen LogP contribution < -0.4 is 28.2 Å². The number of amides is 1. The first-order valence-corrected chi connectivity index (χ1v) is 27.4. The maximum atomic E-state index is 12.7. The highest BCUT2D eigenvalue weighted by atomic mass is 35.5. The monoisotopic (exact) mass is 1340 g/mol. The molecule has 0 aliphatic carbocycles. The number of halogens is 16. The molecule has 0 aliphatic heterocycles. The van der Waals surface area contributed by atoms with Crippen LogP contribution in [0.15, 0.2) is 139 Å². The lowest BCUT2D eigenvalue weighted by atomic mass is 10.1. The lowest BCUT2D eigenvalue weighted by Gasteiger charge is -2.22. The molecule has 0 radical (unpaired) electrons. The van der Waals surface area contributed by atoms with Crippen molar-refractivity contribution in [3.05, 3.63) is 190 Å². The molecule has 90 heavy (non-hydrogen) atoms. The van der Waals surface area contributed by atoms with Gasteiger partial charge in [-0.3, -0.25) is 4.79 Å². The molecule has 1 amide bonds. The van der Waals surface area contributed by atoms with Crippen molar-refractivity contribution in [3.8, 4) is 0 Å². The number of nitrogens with zero attached hydrogens (tertiary/aromatic N) is 4. The molecule has 6 rings (SSSR count). The van der Waals surface area contributed by atoms with E-state index in [1.807, 2.05) is 27.7 Å². The molecule has 0 unspecified atom stereocenters. The van der Waals surface area contributed by atoms with E-state index < -0.39 is 111 Å². The Morgan fingerprint density at radius 1 is 0.578 bits per heavy atom. The SMILES string of the molecule is CC(=O)c1ccc(C(F)(F)F)cc1.CC(C)OC(=O)[C@@H](Cn1cncn1)OC(=O)N[C@@H](C)c1ccc(C(F)(F)F)cc1.C[C@H](N=C=O)c1ccc(C(F)(F)F)cc1.C[C@H](N[S@@](=O)C(C)(C)C)c1ccc(C(F)(F)F)cc1.C[C@H]([NH3+])c1ccc(C(F)(F)F)cc1.[Cl-]. The molecule has 5 aromatic carbocycles. The van der Waals surface area contributed by atoms with Crippen molar-refractivity contribution < 1.29 is 117 Å². The van der Waals surface area contributed by atoms with Crippen LogP contribution in [0.25, 0.3) is 0 Å². The number of ketones is 1. The smallest absolute Gasteiger partial charge is 0.416 e. The van der Waals surface area contributed by atoms with Crippen LogP contribution in [-0.2, 0) is 67.5 Å². The maximum Gasteiger partial charge on any atom is 0.416 e. The second-order valence-electron chi connectivity index (χ2n) is 20.5. The number of carbonyl (C=O) groups is 3. The summed E-state index contributed by atoms with van der Waals surface area (Å²) in [6.45, 7) is 16.8. The van der Waals surface area contributed by atoms with Crippen molar-refractivity contribution in [2.75, 3.05) is 0 Å². The minimum atomic E-state index is -4.44. The highest BCUT2D eigenvalue weighted by Gasteiger charge is 2.34. The number of carbonyl (C=O) groups excluding carboxylic acids is 4. The number of ether oxygens (including phenoxy) is 2. The normalized spacial score (nSPS) is 13.7. The van der Waals surface area contributed by atoms with Gasteiger partial charge < -0.3 is 32.9 Å². The molecular weight excluding hydrogens is 1270 g/mol. The van der Waals surface area contributed by atoms with Crippen molar-refractivity contribution in [2.45, 2.75) is 148 Å². The third-order valence-electron chi connectivity index (χ3n) is 11.7. The number of rotatable bonds is 14. The summed E-state index contributed by atoms with van der Waals surface area (Å²) in [5.74, 6) is -0.999. The Morgan fingerprint density at radius 2 is 0.933 bits per heavy atom. The van der Waals surface area contributed by atoms with Crippen molar-refractivity contribution in [2.24, 2.45) is 4.99 Å². The molecule has 0 fully saturated rings. The Morgan fingerprint density at radius 3 is 1.24 bits per heavy atom. The third-order valence-corrected chi connectivity index (χ3v) is 13.4. The second kappa shape index (κ2) is 35.1. The fourth-order valence-corrected chi connectivity index (χ4v) is 7.52. The first-order chi connectivity index (χ1) is 40.8. The van der Waals surface area contributed by atoms with Crippen LogP contribution in [0.1, 0.15) is 154 Å². The number of aromatic nitrogens is 3. The molecular formula is C59H65ClF15N7O7S. The predicted octanol–water partition coefficient (Wildman–Crippen LogP) is 11.9. The minimum absolute atomic E-state index is 0. The molecule has 0 saturated heterocycles. The number of esters is 1. The van der Waals surface area contributed by atoms with Gasteiger partial charge in [0.05, 0.1) is 68.3 Å². The van der Waals surface area contributed by atoms with Gasteiger partial charge in [0.1, 0.15) is 18.7 Å². The fourth-order valence-electron chi connectivity index (χ4n) is 6.71. The number of benzene rings is 5. The molecule has 6 aromatic rings. The first kappa shape index (κ1) is 80.4. The summed E-state index contributed by atoms with van der Waals surface area (Å²) in [5.41, 5.74) is 2.94. The molecule has 0 spiro atoms. The summed E-state index contributed by atoms with van der Waals surface area (Å²) in [6.07, 6.45) is -20.3. The highest BCUT2D eigenvalue weighted by molar-refractivity contribution is 7.84. The van der Waals surface area contributed by atoms with Gasteiger partial charge >= 0.3 is 42.9 Å². The molecule has 31 heteroatoms. The van der Waals surface area contributed by atoms with Crippen LogP contribution in [0.5, 0.6) is 0 Å². The topological polar surface area (TPSA) is 199 Å². The zero-order chi connectivity index (χ0) is 68.0. The summed E-state index contributed by atoms with van der Waals surface area (Å²) >= 11 is 0. The lowest BCUT2D eigenvalue weighted by molar-refractivity contribution is -0.420. The van der Waals surface area contributed by atoms with Crippen molar-refractivity contribution in [3.63, 3.8) is 0 Å². The fraction of sp³-hybridized carbons (Fsp3) is 0.390. The molecule has 1 aromatic heterocycles. The van der Waals surface area contributed by atoms with Gasteiger partial charge in [-0.1, -0.05) is 60.7 Å². The summed E-state index contributed by atoms with van der Waals surface area (Å²) < 4.78 is 210. The summed E-state index contributed by atoms with van der Waals surface area (Å²) in [5, 5.41) is 6.33. The number of hydrogen-bond acceptors (Lipinski definition) is 10. The van der Waals surface area contributed by atoms with Gasteiger partial charge in [0.25, 0.3) is 0 Å². The molecule has 6 atom stereocenters. The standard InChI is InChI=1S/C18H21F3N4O4.C13H18F3NOS.C10H8F3NO.C9H10F3N.C9H7F3O.ClH/c1-11(2)28-16(26)15(8-25-10-22-9-23-25)29-17(27)24-12(3)13-4-6-14(7-5-13)18(19,20)21;1-9(17-19(18)12(2,3)4)10-5-7-11(8-6-10)13(14,15)16;1-7(14-6-15)8-2-4-9(5-3-8)10(11,12)13;2*1-6(13)7-2-4-8(5-3-7)9(10,11)12;/h4-7,9-12,15H,8H2,1-3H3,(H,24,27);5-9,17H,1-4H3;2-5,7H,1H3;2-6H,13H2,1H3;2-5H,1H3;1H/t12-,15+;9-,19-;7-;6-;;/m0000../s1. The van der Waals surface area contributed by atoms with E-state index >= 15 is 0 Å². The number of quaternary nitrogens is 1. The van der Waals surface area contributed by atoms with Crippen LogP contribution in [0.3, 0.4) is 0 Å². The van der Waals surface area contributed by atoms with Crippen molar-refractivity contribution >= 4 is 34.9 Å². The third kappa shape index (κ3) is 28.9. The molecule has 0 saturated carbocycles. The van der Waals surface area contributed by atoms with Crippen LogP contribution >= 0.6 is 0 Å². The Kier molecular flexibility index (Phi) is 31.3. The Bertz CT molecular complexity index is 3210. The van der Waals surface area contributed by atoms with Gasteiger partial charge in [-0.05, 0) is 147 Å². The second-order valence-corrected chi connectivity index (χ2v) is 22.5. The van der Waals surface area contributed by atoms with E-state index in [2.05, 4.69) is 30.8 Å². The summed E-state index contributed by atoms with van der Waals surface area (Å²) in [6, 6.07) is 21.6. The Balaban J connectivity index is 0.000000584. The molecule has 1 heterocycles. The van der Waals surface area contributed by atoms with E-state index in [1.165, 1.54) is 91.0 Å². The zero-order valence-corrected chi connectivity index (χ0v) is 51.3. The molecule has 0 bridgehead atoms. The van der Waals surface area contributed by atoms with Crippen LogP contribution in [0.4, 0.5) is 70.7 Å². The van der Waals surface area contributed by atoms with Crippen LogP contribution in [-0.4, -0.2) is 59.9 Å².